The fourth-order valence-electron chi connectivity index (χ4n) is 1.78. The van der Waals surface area contributed by atoms with Gasteiger partial charge in [-0.05, 0) is 37.6 Å². The van der Waals surface area contributed by atoms with Crippen LogP contribution in [-0.4, -0.2) is 23.0 Å². The lowest BCUT2D eigenvalue weighted by Gasteiger charge is -2.15. The Morgan fingerprint density at radius 3 is 2.64 bits per heavy atom. The molecule has 0 aromatic carbocycles. The van der Waals surface area contributed by atoms with Crippen molar-refractivity contribution in [1.82, 2.24) is 9.97 Å². The number of nitrogens with zero attached hydrogens (tertiary/aromatic N) is 3. The number of aromatic nitrogens is 2. The molecule has 0 aliphatic carbocycles. The first kappa shape index (κ1) is 15.4. The van der Waals surface area contributed by atoms with E-state index in [2.05, 4.69) is 26.1 Å². The topological polar surface area (TPSA) is 87.9 Å². The van der Waals surface area contributed by atoms with Gasteiger partial charge in [-0.25, -0.2) is 14.8 Å². The summed E-state index contributed by atoms with van der Waals surface area (Å²) in [4.78, 5) is 19.9. The molecular formula is C16H16N4O2. The smallest absolute Gasteiger partial charge is 0.338 e. The maximum Gasteiger partial charge on any atom is 0.338 e. The van der Waals surface area contributed by atoms with Crippen LogP contribution in [-0.2, 0) is 10.2 Å². The van der Waals surface area contributed by atoms with Crippen LogP contribution in [0.4, 0.5) is 11.6 Å². The predicted molar refractivity (Wildman–Crippen MR) is 81.7 cm³/mol. The molecule has 6 heteroatoms. The predicted octanol–water partition coefficient (Wildman–Crippen LogP) is 2.81. The van der Waals surface area contributed by atoms with Crippen LogP contribution in [0.5, 0.6) is 0 Å². The average Bonchev–Trinajstić information content (AvgIpc) is 2.55. The minimum atomic E-state index is -0.589. The molecule has 0 amide bonds. The summed E-state index contributed by atoms with van der Waals surface area (Å²) in [5.74, 6) is 0.638. The van der Waals surface area contributed by atoms with E-state index in [1.165, 1.54) is 13.3 Å². The summed E-state index contributed by atoms with van der Waals surface area (Å²) in [7, 11) is 1.33. The van der Waals surface area contributed by atoms with Crippen LogP contribution in [0.25, 0.3) is 0 Å². The third-order valence-electron chi connectivity index (χ3n) is 3.20. The summed E-state index contributed by atoms with van der Waals surface area (Å²) in [6.45, 7) is 3.66. The molecule has 112 valence electrons. The van der Waals surface area contributed by atoms with Gasteiger partial charge in [-0.3, -0.25) is 0 Å². The number of carbonyl (C=O) groups is 1. The Balaban J connectivity index is 2.18. The number of nitrogens with one attached hydrogen (secondary N) is 1. The van der Waals surface area contributed by atoms with Gasteiger partial charge in [0.2, 0.25) is 0 Å². The molecule has 0 unspecified atom stereocenters. The van der Waals surface area contributed by atoms with Crippen LogP contribution in [0.1, 0.15) is 29.8 Å². The molecule has 1 N–H and O–H groups in total. The van der Waals surface area contributed by atoms with Crippen LogP contribution in [0, 0.1) is 11.3 Å². The van der Waals surface area contributed by atoms with Gasteiger partial charge < -0.3 is 10.1 Å². The normalized spacial score (nSPS) is 10.6. The highest BCUT2D eigenvalue weighted by Gasteiger charge is 2.19. The maximum atomic E-state index is 11.5. The standard InChI is InChI=1S/C16H16N4O2/c1-16(2,10-17)12-4-5-13(19-9-12)20-14-8-11(6-7-18-14)15(21)22-3/h4-9H,1-3H3,(H,18,19,20). The Morgan fingerprint density at radius 1 is 1.27 bits per heavy atom. The van der Waals surface area contributed by atoms with Crippen molar-refractivity contribution in [3.63, 3.8) is 0 Å². The number of nitriles is 1. The summed E-state index contributed by atoms with van der Waals surface area (Å²) < 4.78 is 4.67. The minimum Gasteiger partial charge on any atom is -0.465 e. The molecule has 0 atom stereocenters. The number of esters is 1. The highest BCUT2D eigenvalue weighted by molar-refractivity contribution is 5.90. The number of anilines is 2. The van der Waals surface area contributed by atoms with Crippen LogP contribution >= 0.6 is 0 Å². The largest absolute Gasteiger partial charge is 0.465 e. The first-order valence-electron chi connectivity index (χ1n) is 6.65. The Labute approximate surface area is 128 Å². The molecule has 2 aromatic rings. The quantitative estimate of drug-likeness (QED) is 0.873. The molecule has 2 aromatic heterocycles. The number of hydrogen-bond donors (Lipinski definition) is 1. The van der Waals surface area contributed by atoms with Gasteiger partial charge in [-0.15, -0.1) is 0 Å². The maximum absolute atomic E-state index is 11.5. The van der Waals surface area contributed by atoms with Crippen molar-refractivity contribution in [2.45, 2.75) is 19.3 Å². The van der Waals surface area contributed by atoms with Crippen molar-refractivity contribution < 1.29 is 9.53 Å². The van der Waals surface area contributed by atoms with Gasteiger partial charge in [-0.2, -0.15) is 5.26 Å². The molecule has 6 nitrogen and oxygen atoms in total. The van der Waals surface area contributed by atoms with E-state index in [-0.39, 0.29) is 0 Å². The van der Waals surface area contributed by atoms with Gasteiger partial charge in [0.15, 0.2) is 0 Å². The molecule has 0 saturated heterocycles. The fraction of sp³-hybridized carbons (Fsp3) is 0.250. The van der Waals surface area contributed by atoms with E-state index in [0.29, 0.717) is 17.2 Å². The highest BCUT2D eigenvalue weighted by Crippen LogP contribution is 2.23. The first-order chi connectivity index (χ1) is 10.5. The minimum absolute atomic E-state index is 0.405. The van der Waals surface area contributed by atoms with Crippen molar-refractivity contribution in [1.29, 1.82) is 5.26 Å². The molecule has 0 bridgehead atoms. The summed E-state index contributed by atoms with van der Waals surface area (Å²) in [5.41, 5.74) is 0.647. The molecule has 0 aliphatic heterocycles. The Morgan fingerprint density at radius 2 is 2.05 bits per heavy atom. The van der Waals surface area contributed by atoms with Gasteiger partial charge in [0, 0.05) is 12.4 Å². The van der Waals surface area contributed by atoms with Crippen molar-refractivity contribution in [2.75, 3.05) is 12.4 Å². The molecule has 2 rings (SSSR count). The molecular weight excluding hydrogens is 280 g/mol. The fourth-order valence-corrected chi connectivity index (χ4v) is 1.78. The number of pyridine rings is 2. The number of hydrogen-bond acceptors (Lipinski definition) is 6. The van der Waals surface area contributed by atoms with E-state index in [0.717, 1.165) is 5.56 Å². The van der Waals surface area contributed by atoms with Crippen LogP contribution in [0.15, 0.2) is 36.7 Å². The zero-order chi connectivity index (χ0) is 16.2. The van der Waals surface area contributed by atoms with E-state index < -0.39 is 11.4 Å². The van der Waals surface area contributed by atoms with Crippen LogP contribution < -0.4 is 5.32 Å². The average molecular weight is 296 g/mol. The van der Waals surface area contributed by atoms with Crippen LogP contribution in [0.3, 0.4) is 0 Å². The molecule has 22 heavy (non-hydrogen) atoms. The molecule has 0 aliphatic rings. The van der Waals surface area contributed by atoms with Crippen molar-refractivity contribution in [3.05, 3.63) is 47.8 Å². The van der Waals surface area contributed by atoms with Gasteiger partial charge in [-0.1, -0.05) is 6.07 Å². The zero-order valence-electron chi connectivity index (χ0n) is 12.6. The van der Waals surface area contributed by atoms with Crippen molar-refractivity contribution in [2.24, 2.45) is 0 Å². The van der Waals surface area contributed by atoms with Gasteiger partial charge in [0.25, 0.3) is 0 Å². The van der Waals surface area contributed by atoms with Crippen LogP contribution in [0.2, 0.25) is 0 Å². The van der Waals surface area contributed by atoms with E-state index in [4.69, 9.17) is 5.26 Å². The summed E-state index contributed by atoms with van der Waals surface area (Å²) in [5, 5.41) is 12.1. The Kier molecular flexibility index (Phi) is 4.37. The highest BCUT2D eigenvalue weighted by atomic mass is 16.5. The third kappa shape index (κ3) is 3.38. The van der Waals surface area contributed by atoms with E-state index in [1.54, 1.807) is 24.4 Å². The van der Waals surface area contributed by atoms with E-state index >= 15 is 0 Å². The second-order valence-corrected chi connectivity index (χ2v) is 5.22. The molecule has 0 saturated carbocycles. The second-order valence-electron chi connectivity index (χ2n) is 5.22. The third-order valence-corrected chi connectivity index (χ3v) is 3.20. The van der Waals surface area contributed by atoms with E-state index in [1.807, 2.05) is 19.9 Å². The zero-order valence-corrected chi connectivity index (χ0v) is 12.6. The Hall–Kier alpha value is -2.94. The second kappa shape index (κ2) is 6.22. The summed E-state index contributed by atoms with van der Waals surface area (Å²) in [6.07, 6.45) is 3.16. The number of ether oxygens (including phenoxy) is 1. The van der Waals surface area contributed by atoms with Gasteiger partial charge >= 0.3 is 5.97 Å². The first-order valence-corrected chi connectivity index (χ1v) is 6.65. The monoisotopic (exact) mass is 296 g/mol. The lowest BCUT2D eigenvalue weighted by molar-refractivity contribution is 0.0600. The summed E-state index contributed by atoms with van der Waals surface area (Å²) in [6, 6.07) is 8.99. The van der Waals surface area contributed by atoms with Crippen molar-refractivity contribution in [3.8, 4) is 6.07 Å². The number of rotatable bonds is 4. The number of carbonyl (C=O) groups excluding carboxylic acids is 1. The number of methoxy groups -OCH3 is 1. The van der Waals surface area contributed by atoms with Gasteiger partial charge in [0.1, 0.15) is 11.6 Å². The molecule has 0 spiro atoms. The van der Waals surface area contributed by atoms with Gasteiger partial charge in [0.05, 0.1) is 24.2 Å². The van der Waals surface area contributed by atoms with Crippen molar-refractivity contribution >= 4 is 17.6 Å². The Bertz CT molecular complexity index is 718. The molecule has 0 radical (unpaired) electrons. The molecule has 2 heterocycles. The summed E-state index contributed by atoms with van der Waals surface area (Å²) >= 11 is 0. The lowest BCUT2D eigenvalue weighted by atomic mass is 9.88. The molecule has 0 fully saturated rings. The van der Waals surface area contributed by atoms with E-state index in [9.17, 15) is 4.79 Å². The lowest BCUT2D eigenvalue weighted by Crippen LogP contribution is -2.14. The SMILES string of the molecule is COC(=O)c1ccnc(Nc2ccc(C(C)(C)C#N)cn2)c1.